The van der Waals surface area contributed by atoms with Crippen LogP contribution < -0.4 is 0 Å². The van der Waals surface area contributed by atoms with Gasteiger partial charge in [-0.05, 0) is 50.8 Å². The van der Waals surface area contributed by atoms with Gasteiger partial charge in [0.2, 0.25) is 0 Å². The summed E-state index contributed by atoms with van der Waals surface area (Å²) >= 11 is 0. The van der Waals surface area contributed by atoms with E-state index < -0.39 is 0 Å². The molecule has 4 nitrogen and oxygen atoms in total. The van der Waals surface area contributed by atoms with Crippen molar-refractivity contribution in [2.24, 2.45) is 7.05 Å². The summed E-state index contributed by atoms with van der Waals surface area (Å²) in [6, 6.07) is 0.382. The standard InChI is InChI=1S/C15H27N3O/c1-3-15(19)14-8-4-5-9-18(14)10-6-7-13-11-16-17(2)12-13/h11-12,14-15,19H,3-10H2,1-2H3. The van der Waals surface area contributed by atoms with Crippen LogP contribution in [0.5, 0.6) is 0 Å². The van der Waals surface area contributed by atoms with Crippen LogP contribution in [0.2, 0.25) is 0 Å². The Morgan fingerprint density at radius 2 is 2.32 bits per heavy atom. The molecule has 2 rings (SSSR count). The number of aromatic nitrogens is 2. The SMILES string of the molecule is CCC(O)C1CCCCN1CCCc1cnn(C)c1. The molecule has 1 saturated heterocycles. The maximum absolute atomic E-state index is 10.1. The molecule has 0 spiro atoms. The topological polar surface area (TPSA) is 41.3 Å². The number of nitrogens with zero attached hydrogens (tertiary/aromatic N) is 3. The summed E-state index contributed by atoms with van der Waals surface area (Å²) < 4.78 is 1.86. The summed E-state index contributed by atoms with van der Waals surface area (Å²) in [7, 11) is 1.96. The lowest BCUT2D eigenvalue weighted by atomic mass is 9.95. The van der Waals surface area contributed by atoms with Crippen LogP contribution in [0.3, 0.4) is 0 Å². The zero-order valence-electron chi connectivity index (χ0n) is 12.3. The van der Waals surface area contributed by atoms with Crippen molar-refractivity contribution in [3.8, 4) is 0 Å². The van der Waals surface area contributed by atoms with Crippen molar-refractivity contribution in [3.05, 3.63) is 18.0 Å². The first-order valence-corrected chi connectivity index (χ1v) is 7.60. The molecule has 1 aromatic heterocycles. The number of aliphatic hydroxyl groups is 1. The van der Waals surface area contributed by atoms with E-state index in [2.05, 4.69) is 23.1 Å². The molecule has 0 radical (unpaired) electrons. The maximum atomic E-state index is 10.1. The number of likely N-dealkylation sites (tertiary alicyclic amines) is 1. The first-order chi connectivity index (χ1) is 9.20. The molecule has 19 heavy (non-hydrogen) atoms. The van der Waals surface area contributed by atoms with Crippen LogP contribution >= 0.6 is 0 Å². The van der Waals surface area contributed by atoms with Gasteiger partial charge in [0.15, 0.2) is 0 Å². The van der Waals surface area contributed by atoms with Gasteiger partial charge in [-0.2, -0.15) is 5.10 Å². The Bertz CT molecular complexity index is 377. The molecule has 1 fully saturated rings. The number of aryl methyl sites for hydroxylation is 2. The summed E-state index contributed by atoms with van der Waals surface area (Å²) in [5.74, 6) is 0. The predicted molar refractivity (Wildman–Crippen MR) is 77.0 cm³/mol. The summed E-state index contributed by atoms with van der Waals surface area (Å²) in [5, 5.41) is 14.3. The maximum Gasteiger partial charge on any atom is 0.0692 e. The highest BCUT2D eigenvalue weighted by atomic mass is 16.3. The molecule has 1 N–H and O–H groups in total. The average molecular weight is 265 g/mol. The summed E-state index contributed by atoms with van der Waals surface area (Å²) in [5.41, 5.74) is 1.31. The van der Waals surface area contributed by atoms with E-state index in [1.165, 1.54) is 18.4 Å². The van der Waals surface area contributed by atoms with Crippen molar-refractivity contribution in [3.63, 3.8) is 0 Å². The first-order valence-electron chi connectivity index (χ1n) is 7.60. The molecule has 1 aliphatic heterocycles. The van der Waals surface area contributed by atoms with Crippen LogP contribution in [0, 0.1) is 0 Å². The fraction of sp³-hybridized carbons (Fsp3) is 0.800. The van der Waals surface area contributed by atoms with E-state index in [0.717, 1.165) is 38.8 Å². The average Bonchev–Trinajstić information content (AvgIpc) is 2.84. The second kappa shape index (κ2) is 7.06. The number of piperidine rings is 1. The minimum Gasteiger partial charge on any atom is -0.392 e. The minimum absolute atomic E-state index is 0.154. The van der Waals surface area contributed by atoms with Crippen molar-refractivity contribution in [1.29, 1.82) is 0 Å². The van der Waals surface area contributed by atoms with Crippen molar-refractivity contribution >= 4 is 0 Å². The second-order valence-electron chi connectivity index (χ2n) is 5.70. The van der Waals surface area contributed by atoms with Gasteiger partial charge in [-0.15, -0.1) is 0 Å². The molecular weight excluding hydrogens is 238 g/mol. The van der Waals surface area contributed by atoms with Gasteiger partial charge in [-0.1, -0.05) is 13.3 Å². The van der Waals surface area contributed by atoms with E-state index >= 15 is 0 Å². The van der Waals surface area contributed by atoms with Gasteiger partial charge in [0.1, 0.15) is 0 Å². The molecule has 2 heterocycles. The third kappa shape index (κ3) is 4.05. The molecule has 0 amide bonds. The van der Waals surface area contributed by atoms with Crippen LogP contribution in [-0.4, -0.2) is 45.0 Å². The molecule has 2 unspecified atom stereocenters. The van der Waals surface area contributed by atoms with E-state index in [-0.39, 0.29) is 6.10 Å². The van der Waals surface area contributed by atoms with Crippen molar-refractivity contribution < 1.29 is 5.11 Å². The second-order valence-corrected chi connectivity index (χ2v) is 5.70. The summed E-state index contributed by atoms with van der Waals surface area (Å²) in [4.78, 5) is 2.49. The van der Waals surface area contributed by atoms with Crippen LogP contribution in [0.25, 0.3) is 0 Å². The Morgan fingerprint density at radius 3 is 3.00 bits per heavy atom. The minimum atomic E-state index is -0.154. The normalized spacial score (nSPS) is 22.6. The number of hydrogen-bond acceptors (Lipinski definition) is 3. The van der Waals surface area contributed by atoms with Gasteiger partial charge >= 0.3 is 0 Å². The molecule has 0 bridgehead atoms. The summed E-state index contributed by atoms with van der Waals surface area (Å²) in [6.07, 6.45) is 10.7. The molecule has 4 heteroatoms. The fourth-order valence-corrected chi connectivity index (χ4v) is 3.09. The number of aliphatic hydroxyl groups excluding tert-OH is 1. The van der Waals surface area contributed by atoms with Crippen LogP contribution in [0.15, 0.2) is 12.4 Å². The molecule has 108 valence electrons. The lowest BCUT2D eigenvalue weighted by molar-refractivity contribution is 0.0236. The van der Waals surface area contributed by atoms with E-state index in [1.54, 1.807) is 0 Å². The van der Waals surface area contributed by atoms with Gasteiger partial charge in [-0.3, -0.25) is 9.58 Å². The molecule has 2 atom stereocenters. The molecule has 0 aromatic carbocycles. The van der Waals surface area contributed by atoms with E-state index in [0.29, 0.717) is 6.04 Å². The van der Waals surface area contributed by atoms with Crippen LogP contribution in [0.1, 0.15) is 44.6 Å². The van der Waals surface area contributed by atoms with Gasteiger partial charge in [-0.25, -0.2) is 0 Å². The quantitative estimate of drug-likeness (QED) is 0.855. The fourth-order valence-electron chi connectivity index (χ4n) is 3.09. The zero-order valence-corrected chi connectivity index (χ0v) is 12.3. The Labute approximate surface area is 116 Å². The number of rotatable bonds is 6. The van der Waals surface area contributed by atoms with Gasteiger partial charge in [0.05, 0.1) is 12.3 Å². The van der Waals surface area contributed by atoms with Crippen LogP contribution in [-0.2, 0) is 13.5 Å². The van der Waals surface area contributed by atoms with Crippen molar-refractivity contribution in [2.75, 3.05) is 13.1 Å². The van der Waals surface area contributed by atoms with Gasteiger partial charge < -0.3 is 5.11 Å². The van der Waals surface area contributed by atoms with Gasteiger partial charge in [0, 0.05) is 19.3 Å². The van der Waals surface area contributed by atoms with E-state index in [1.807, 2.05) is 17.9 Å². The predicted octanol–water partition coefficient (Wildman–Crippen LogP) is 1.98. The van der Waals surface area contributed by atoms with Crippen molar-refractivity contribution in [1.82, 2.24) is 14.7 Å². The lowest BCUT2D eigenvalue weighted by Crippen LogP contribution is -2.47. The van der Waals surface area contributed by atoms with E-state index in [4.69, 9.17) is 0 Å². The molecule has 1 aliphatic rings. The Hall–Kier alpha value is -0.870. The Balaban J connectivity index is 1.79. The monoisotopic (exact) mass is 265 g/mol. The Kier molecular flexibility index (Phi) is 5.40. The largest absolute Gasteiger partial charge is 0.392 e. The first kappa shape index (κ1) is 14.5. The number of hydrogen-bond donors (Lipinski definition) is 1. The lowest BCUT2D eigenvalue weighted by Gasteiger charge is -2.38. The highest BCUT2D eigenvalue weighted by Gasteiger charge is 2.27. The van der Waals surface area contributed by atoms with Gasteiger partial charge in [0.25, 0.3) is 0 Å². The molecular formula is C15H27N3O. The Morgan fingerprint density at radius 1 is 1.47 bits per heavy atom. The molecule has 0 saturated carbocycles. The van der Waals surface area contributed by atoms with Crippen molar-refractivity contribution in [2.45, 2.75) is 57.6 Å². The highest BCUT2D eigenvalue weighted by molar-refractivity contribution is 5.03. The van der Waals surface area contributed by atoms with Crippen LogP contribution in [0.4, 0.5) is 0 Å². The molecule has 1 aromatic rings. The third-order valence-electron chi connectivity index (χ3n) is 4.20. The molecule has 0 aliphatic carbocycles. The van der Waals surface area contributed by atoms with E-state index in [9.17, 15) is 5.11 Å². The zero-order chi connectivity index (χ0) is 13.7. The highest BCUT2D eigenvalue weighted by Crippen LogP contribution is 2.21. The summed E-state index contributed by atoms with van der Waals surface area (Å²) in [6.45, 7) is 4.32. The third-order valence-corrected chi connectivity index (χ3v) is 4.20. The smallest absolute Gasteiger partial charge is 0.0692 e.